The molecule has 0 spiro atoms. The van der Waals surface area contributed by atoms with Gasteiger partial charge in [-0.05, 0) is 93.6 Å². The quantitative estimate of drug-likeness (QED) is 0.0697. The second-order valence-corrected chi connectivity index (χ2v) is 29.4. The van der Waals surface area contributed by atoms with Crippen molar-refractivity contribution in [2.45, 2.75) is 212 Å². The first kappa shape index (κ1) is 56.4. The molecule has 5 aliphatic rings. The molecule has 2 saturated carbocycles. The van der Waals surface area contributed by atoms with Gasteiger partial charge in [0, 0.05) is 30.6 Å². The highest BCUT2D eigenvalue weighted by molar-refractivity contribution is 6.77. The first-order valence-corrected chi connectivity index (χ1v) is 28.1. The van der Waals surface area contributed by atoms with Crippen LogP contribution in [0.15, 0.2) is 76.9 Å². The number of ether oxygens (including phenoxy) is 8. The standard InChI is InChI=1S/C56H81NO15Si/c1-18-26-64-39-28-40-55(30-65-40,68-35(9)58)45-47(67-48(59)36-23-20-19-21-24-36)56(62)29-38(34(8)41(52(56,13)14)43-46(54(39,45)17)70-53(15,16)69-43)66-49(60)44(72-73(31(2)3,32(4)5)33(6)7)42(37-25-22-27-63-37)57-50(61)71-51(10,11)12/h18-25,27,31-33,38-40,42-47,62H,1,26,28-30H2,2-17H3,(H,57,61)/t38?,39?,40?,42?,43?,44?,45?,46?,47?,54-,55?,56?/m1/s1. The van der Waals surface area contributed by atoms with Crippen LogP contribution in [0.2, 0.25) is 16.6 Å². The van der Waals surface area contributed by atoms with Gasteiger partial charge in [-0.1, -0.05) is 86.6 Å². The number of aliphatic hydroxyl groups is 1. The summed E-state index contributed by atoms with van der Waals surface area (Å²) >= 11 is 0. The number of fused-ring (bicyclic) bond motifs is 8. The van der Waals surface area contributed by atoms with Gasteiger partial charge < -0.3 is 57.2 Å². The third kappa shape index (κ3) is 9.89. The molecule has 1 aromatic carbocycles. The number of carbonyl (C=O) groups excluding carboxylic acids is 4. The zero-order valence-corrected chi connectivity index (χ0v) is 46.8. The number of hydrogen-bond acceptors (Lipinski definition) is 15. The summed E-state index contributed by atoms with van der Waals surface area (Å²) < 4.78 is 66.5. The van der Waals surface area contributed by atoms with Gasteiger partial charge in [0.05, 0.1) is 43.2 Å². The van der Waals surface area contributed by atoms with E-state index in [1.165, 1.54) is 13.2 Å². The van der Waals surface area contributed by atoms with E-state index in [0.29, 0.717) is 11.1 Å². The molecule has 73 heavy (non-hydrogen) atoms. The maximum absolute atomic E-state index is 15.8. The van der Waals surface area contributed by atoms with Crippen LogP contribution in [0, 0.1) is 16.7 Å². The summed E-state index contributed by atoms with van der Waals surface area (Å²) in [6.07, 6.45) is -5.36. The molecule has 4 fully saturated rings. The first-order valence-electron chi connectivity index (χ1n) is 25.9. The fourth-order valence-electron chi connectivity index (χ4n) is 13.6. The molecule has 11 unspecified atom stereocenters. The van der Waals surface area contributed by atoms with Crippen molar-refractivity contribution in [3.63, 3.8) is 0 Å². The van der Waals surface area contributed by atoms with Crippen LogP contribution in [0.1, 0.15) is 146 Å². The van der Waals surface area contributed by atoms with E-state index in [-0.39, 0.29) is 54.0 Å². The molecule has 3 aliphatic carbocycles. The van der Waals surface area contributed by atoms with Crippen LogP contribution in [0.4, 0.5) is 4.79 Å². The Kier molecular flexibility index (Phi) is 15.7. The van der Waals surface area contributed by atoms with Crippen LogP contribution >= 0.6 is 0 Å². The number of amides is 1. The van der Waals surface area contributed by atoms with E-state index in [9.17, 15) is 19.5 Å². The Morgan fingerprint density at radius 3 is 2.11 bits per heavy atom. The van der Waals surface area contributed by atoms with E-state index in [1.807, 2.05) is 27.7 Å². The monoisotopic (exact) mass is 1040 g/mol. The van der Waals surface area contributed by atoms with Gasteiger partial charge in [-0.15, -0.1) is 6.58 Å². The van der Waals surface area contributed by atoms with E-state index in [4.69, 9.17) is 46.7 Å². The molecule has 404 valence electrons. The van der Waals surface area contributed by atoms with E-state index in [0.717, 1.165) is 0 Å². The summed E-state index contributed by atoms with van der Waals surface area (Å²) in [6, 6.07) is 10.5. The molecular weight excluding hydrogens is 955 g/mol. The van der Waals surface area contributed by atoms with Gasteiger partial charge in [-0.25, -0.2) is 14.4 Å². The predicted molar refractivity (Wildman–Crippen MR) is 273 cm³/mol. The van der Waals surface area contributed by atoms with Gasteiger partial charge in [-0.3, -0.25) is 4.79 Å². The summed E-state index contributed by atoms with van der Waals surface area (Å²) in [4.78, 5) is 58.0. The molecule has 2 saturated heterocycles. The van der Waals surface area contributed by atoms with Crippen LogP contribution in [0.25, 0.3) is 0 Å². The Bertz CT molecular complexity index is 2370. The Morgan fingerprint density at radius 1 is 0.932 bits per heavy atom. The topological polar surface area (TPSA) is 197 Å². The van der Waals surface area contributed by atoms with E-state index in [1.54, 1.807) is 83.2 Å². The Morgan fingerprint density at radius 2 is 1.58 bits per heavy atom. The Labute approximate surface area is 432 Å². The predicted octanol–water partition coefficient (Wildman–Crippen LogP) is 9.85. The largest absolute Gasteiger partial charge is 0.467 e. The fourth-order valence-corrected chi connectivity index (χ4v) is 19.1. The van der Waals surface area contributed by atoms with Crippen LogP contribution in [0.3, 0.4) is 0 Å². The van der Waals surface area contributed by atoms with E-state index < -0.39 is 120 Å². The van der Waals surface area contributed by atoms with E-state index >= 15 is 4.79 Å². The Balaban J connectivity index is 1.48. The third-order valence-electron chi connectivity index (χ3n) is 16.6. The van der Waals surface area contributed by atoms with Crippen molar-refractivity contribution in [3.05, 3.63) is 83.9 Å². The molecule has 1 aromatic heterocycles. The summed E-state index contributed by atoms with van der Waals surface area (Å²) in [7, 11) is -3.02. The molecule has 2 aliphatic heterocycles. The van der Waals surface area contributed by atoms with Crippen molar-refractivity contribution in [2.75, 3.05) is 13.2 Å². The van der Waals surface area contributed by atoms with Crippen LogP contribution in [0.5, 0.6) is 0 Å². The number of rotatable bonds is 16. The Hall–Kier alpha value is -4.36. The second-order valence-electron chi connectivity index (χ2n) is 24.0. The lowest BCUT2D eigenvalue weighted by Gasteiger charge is -2.69. The molecule has 2 bridgehead atoms. The number of carbonyl (C=O) groups is 4. The number of nitrogens with one attached hydrogen (secondary N) is 1. The lowest BCUT2D eigenvalue weighted by molar-refractivity contribution is -0.365. The van der Waals surface area contributed by atoms with Crippen LogP contribution < -0.4 is 5.32 Å². The molecule has 1 amide bonds. The minimum atomic E-state index is -3.02. The highest BCUT2D eigenvalue weighted by Gasteiger charge is 2.79. The maximum atomic E-state index is 15.8. The SMILES string of the molecule is C=CCOC1CC2OCC2(OC(C)=O)C2C(OC(=O)c3ccccc3)C3(O)CC(OC(=O)C(O[Si](C(C)C)(C(C)C)C(C)C)C(NC(=O)OC(C)(C)C)c4ccco4)C(C)=C(C4OC(C)(C)OC4[C@]12C)C3(C)C. The number of benzene rings is 1. The van der Waals surface area contributed by atoms with Gasteiger partial charge in [-0.2, -0.15) is 0 Å². The smallest absolute Gasteiger partial charge is 0.408 e. The fraction of sp³-hybridized carbons (Fsp3) is 0.679. The maximum Gasteiger partial charge on any atom is 0.408 e. The normalized spacial score (nSPS) is 32.2. The van der Waals surface area contributed by atoms with E-state index in [2.05, 4.69) is 53.4 Å². The molecule has 17 heteroatoms. The van der Waals surface area contributed by atoms with Crippen molar-refractivity contribution in [3.8, 4) is 0 Å². The lowest BCUT2D eigenvalue weighted by Crippen LogP contribution is -2.82. The zero-order valence-electron chi connectivity index (χ0n) is 45.8. The lowest BCUT2D eigenvalue weighted by atomic mass is 9.44. The van der Waals surface area contributed by atoms with Gasteiger partial charge in [0.25, 0.3) is 0 Å². The van der Waals surface area contributed by atoms with Crippen molar-refractivity contribution in [2.24, 2.45) is 16.7 Å². The first-order chi connectivity index (χ1) is 33.9. The highest BCUT2D eigenvalue weighted by atomic mass is 28.4. The second kappa shape index (κ2) is 20.3. The molecule has 0 radical (unpaired) electrons. The third-order valence-corrected chi connectivity index (χ3v) is 22.7. The summed E-state index contributed by atoms with van der Waals surface area (Å²) in [6.45, 7) is 34.2. The zero-order chi connectivity index (χ0) is 54.0. The highest BCUT2D eigenvalue weighted by Crippen LogP contribution is 2.68. The molecular formula is C56H81NO15Si. The van der Waals surface area contributed by atoms with Gasteiger partial charge in [0.15, 0.2) is 17.5 Å². The number of hydrogen-bond donors (Lipinski definition) is 2. The summed E-state index contributed by atoms with van der Waals surface area (Å²) in [5.74, 6) is -4.30. The molecule has 16 nitrogen and oxygen atoms in total. The molecule has 2 aromatic rings. The molecule has 7 rings (SSSR count). The average molecular weight is 1040 g/mol. The number of furan rings is 1. The summed E-state index contributed by atoms with van der Waals surface area (Å²) in [5, 5.41) is 17.3. The van der Waals surface area contributed by atoms with Crippen LogP contribution in [-0.2, 0) is 51.9 Å². The molecule has 2 N–H and O–H groups in total. The van der Waals surface area contributed by atoms with Gasteiger partial charge in [0.1, 0.15) is 47.4 Å². The minimum Gasteiger partial charge on any atom is -0.467 e. The number of alkyl carbamates (subject to hydrolysis) is 1. The average Bonchev–Trinajstić information content (AvgIpc) is 3.93. The van der Waals surface area contributed by atoms with Crippen molar-refractivity contribution in [1.29, 1.82) is 0 Å². The van der Waals surface area contributed by atoms with Gasteiger partial charge >= 0.3 is 24.0 Å². The minimum absolute atomic E-state index is 0.0129. The van der Waals surface area contributed by atoms with Gasteiger partial charge in [0.2, 0.25) is 8.32 Å². The van der Waals surface area contributed by atoms with Crippen LogP contribution in [-0.4, -0.2) is 116 Å². The molecule has 12 atom stereocenters. The van der Waals surface area contributed by atoms with Crippen molar-refractivity contribution < 1.29 is 71.0 Å². The van der Waals surface area contributed by atoms with Crippen molar-refractivity contribution in [1.82, 2.24) is 5.32 Å². The molecule has 3 heterocycles. The number of esters is 3. The van der Waals surface area contributed by atoms with Crippen molar-refractivity contribution >= 4 is 32.3 Å². The summed E-state index contributed by atoms with van der Waals surface area (Å²) in [5.41, 5.74) is -5.82.